The summed E-state index contributed by atoms with van der Waals surface area (Å²) >= 11 is 1.89. The zero-order valence-corrected chi connectivity index (χ0v) is 15.6. The molecular formula is C21H21NO3S. The third kappa shape index (κ3) is 2.75. The minimum absolute atomic E-state index is 0.294. The van der Waals surface area contributed by atoms with E-state index in [9.17, 15) is 4.79 Å². The number of benzene rings is 1. The molecule has 134 valence electrons. The number of rotatable bonds is 4. The van der Waals surface area contributed by atoms with Crippen LogP contribution in [0.3, 0.4) is 0 Å². The molecule has 4 nitrogen and oxygen atoms in total. The van der Waals surface area contributed by atoms with Crippen molar-refractivity contribution in [2.75, 3.05) is 13.7 Å². The van der Waals surface area contributed by atoms with E-state index in [1.54, 1.807) is 24.1 Å². The molecule has 0 bridgehead atoms. The van der Waals surface area contributed by atoms with Crippen molar-refractivity contribution in [3.63, 3.8) is 0 Å². The Balaban J connectivity index is 1.54. The van der Waals surface area contributed by atoms with Crippen LogP contribution in [0.15, 0.2) is 44.9 Å². The lowest BCUT2D eigenvalue weighted by atomic mass is 9.95. The Labute approximate surface area is 156 Å². The van der Waals surface area contributed by atoms with Gasteiger partial charge in [-0.2, -0.15) is 0 Å². The van der Waals surface area contributed by atoms with Crippen LogP contribution in [0, 0.1) is 5.92 Å². The first-order valence-corrected chi connectivity index (χ1v) is 10.0. The topological polar surface area (TPSA) is 42.7 Å². The highest BCUT2D eigenvalue weighted by molar-refractivity contribution is 7.10. The van der Waals surface area contributed by atoms with E-state index >= 15 is 0 Å². The van der Waals surface area contributed by atoms with Gasteiger partial charge in [0.25, 0.3) is 0 Å². The predicted molar refractivity (Wildman–Crippen MR) is 103 cm³/mol. The highest BCUT2D eigenvalue weighted by atomic mass is 32.1. The summed E-state index contributed by atoms with van der Waals surface area (Å²) in [5.41, 5.74) is 2.86. The van der Waals surface area contributed by atoms with E-state index < -0.39 is 0 Å². The smallest absolute Gasteiger partial charge is 0.336 e. The van der Waals surface area contributed by atoms with Crippen molar-refractivity contribution in [1.82, 2.24) is 4.90 Å². The summed E-state index contributed by atoms with van der Waals surface area (Å²) in [6.07, 6.45) is 3.72. The molecule has 0 amide bonds. The van der Waals surface area contributed by atoms with Gasteiger partial charge in [0.2, 0.25) is 0 Å². The SMILES string of the molecule is COc1ccc2c(CN3CCc4sccc4[C@H]3C3CC3)cc(=O)oc2c1. The molecule has 2 aromatic heterocycles. The molecule has 5 heteroatoms. The summed E-state index contributed by atoms with van der Waals surface area (Å²) < 4.78 is 10.7. The second-order valence-corrected chi connectivity index (χ2v) is 8.26. The van der Waals surface area contributed by atoms with E-state index in [2.05, 4.69) is 16.3 Å². The van der Waals surface area contributed by atoms with Gasteiger partial charge in [-0.3, -0.25) is 4.90 Å². The Bertz CT molecular complexity index is 1020. The van der Waals surface area contributed by atoms with Crippen LogP contribution in [0.25, 0.3) is 11.0 Å². The van der Waals surface area contributed by atoms with E-state index in [1.165, 1.54) is 18.4 Å². The van der Waals surface area contributed by atoms with Crippen molar-refractivity contribution in [1.29, 1.82) is 0 Å². The van der Waals surface area contributed by atoms with Crippen molar-refractivity contribution >= 4 is 22.3 Å². The Kier molecular flexibility index (Phi) is 3.87. The van der Waals surface area contributed by atoms with Gasteiger partial charge in [-0.25, -0.2) is 4.79 Å². The second kappa shape index (κ2) is 6.25. The Morgan fingerprint density at radius 1 is 1.27 bits per heavy atom. The summed E-state index contributed by atoms with van der Waals surface area (Å²) in [4.78, 5) is 16.2. The van der Waals surface area contributed by atoms with Gasteiger partial charge in [-0.15, -0.1) is 11.3 Å². The van der Waals surface area contributed by atoms with Crippen LogP contribution in [-0.4, -0.2) is 18.6 Å². The van der Waals surface area contributed by atoms with Gasteiger partial charge in [-0.1, -0.05) is 0 Å². The van der Waals surface area contributed by atoms with E-state index in [0.29, 0.717) is 17.4 Å². The first-order chi connectivity index (χ1) is 12.7. The minimum Gasteiger partial charge on any atom is -0.497 e. The maximum Gasteiger partial charge on any atom is 0.336 e. The average molecular weight is 367 g/mol. The number of ether oxygens (including phenoxy) is 1. The first-order valence-electron chi connectivity index (χ1n) is 9.14. The maximum absolute atomic E-state index is 12.1. The van der Waals surface area contributed by atoms with Gasteiger partial charge >= 0.3 is 5.63 Å². The predicted octanol–water partition coefficient (Wildman–Crippen LogP) is 4.37. The zero-order chi connectivity index (χ0) is 17.7. The van der Waals surface area contributed by atoms with Crippen LogP contribution < -0.4 is 10.4 Å². The van der Waals surface area contributed by atoms with E-state index in [4.69, 9.17) is 9.15 Å². The summed E-state index contributed by atoms with van der Waals surface area (Å²) in [6, 6.07) is 10.2. The Hall–Kier alpha value is -2.11. The second-order valence-electron chi connectivity index (χ2n) is 7.25. The van der Waals surface area contributed by atoms with Crippen LogP contribution in [0.5, 0.6) is 5.75 Å². The molecule has 1 fully saturated rings. The fourth-order valence-corrected chi connectivity index (χ4v) is 5.14. The van der Waals surface area contributed by atoms with Crippen LogP contribution in [0.1, 0.15) is 34.9 Å². The van der Waals surface area contributed by atoms with Gasteiger partial charge in [0.05, 0.1) is 7.11 Å². The van der Waals surface area contributed by atoms with Crippen LogP contribution in [0.2, 0.25) is 0 Å². The van der Waals surface area contributed by atoms with Crippen molar-refractivity contribution in [2.24, 2.45) is 5.92 Å². The molecule has 0 saturated heterocycles. The van der Waals surface area contributed by atoms with Gasteiger partial charge in [0.1, 0.15) is 11.3 Å². The fourth-order valence-electron chi connectivity index (χ4n) is 4.23. The molecule has 0 radical (unpaired) electrons. The van der Waals surface area contributed by atoms with E-state index in [-0.39, 0.29) is 5.63 Å². The van der Waals surface area contributed by atoms with E-state index in [1.807, 2.05) is 23.5 Å². The number of methoxy groups -OCH3 is 1. The molecule has 5 rings (SSSR count). The highest BCUT2D eigenvalue weighted by Gasteiger charge is 2.39. The van der Waals surface area contributed by atoms with Crippen molar-refractivity contribution < 1.29 is 9.15 Å². The molecule has 1 atom stereocenters. The standard InChI is InChI=1S/C21H21NO3S/c1-24-15-4-5-16-14(10-20(23)25-18(16)11-15)12-22-8-6-19-17(7-9-26-19)21(22)13-2-3-13/h4-5,7,9-11,13,21H,2-3,6,8,12H2,1H3/t21-/m1/s1. The van der Waals surface area contributed by atoms with E-state index in [0.717, 1.165) is 36.4 Å². The Morgan fingerprint density at radius 3 is 2.96 bits per heavy atom. The molecule has 1 aromatic carbocycles. The number of thiophene rings is 1. The molecule has 2 aliphatic rings. The van der Waals surface area contributed by atoms with Gasteiger partial charge < -0.3 is 9.15 Å². The summed E-state index contributed by atoms with van der Waals surface area (Å²) in [5, 5.41) is 3.22. The van der Waals surface area contributed by atoms with Crippen LogP contribution in [-0.2, 0) is 13.0 Å². The third-order valence-corrected chi connectivity index (χ3v) is 6.59. The molecule has 26 heavy (non-hydrogen) atoms. The maximum atomic E-state index is 12.1. The average Bonchev–Trinajstić information content (AvgIpc) is 3.36. The van der Waals surface area contributed by atoms with Crippen LogP contribution >= 0.6 is 11.3 Å². The number of hydrogen-bond acceptors (Lipinski definition) is 5. The molecular weight excluding hydrogens is 346 g/mol. The van der Waals surface area contributed by atoms with Crippen molar-refractivity contribution in [3.05, 3.63) is 62.1 Å². The highest BCUT2D eigenvalue weighted by Crippen LogP contribution is 2.48. The number of nitrogens with zero attached hydrogens (tertiary/aromatic N) is 1. The first kappa shape index (κ1) is 16.1. The third-order valence-electron chi connectivity index (χ3n) is 5.60. The summed E-state index contributed by atoms with van der Waals surface area (Å²) in [7, 11) is 1.62. The molecule has 1 saturated carbocycles. The summed E-state index contributed by atoms with van der Waals surface area (Å²) in [5.74, 6) is 1.46. The van der Waals surface area contributed by atoms with Gasteiger partial charge in [0, 0.05) is 41.5 Å². The fraction of sp³-hybridized carbons (Fsp3) is 0.381. The lowest BCUT2D eigenvalue weighted by Gasteiger charge is -2.36. The summed E-state index contributed by atoms with van der Waals surface area (Å²) in [6.45, 7) is 1.83. The normalized spacial score (nSPS) is 20.3. The van der Waals surface area contributed by atoms with Crippen LogP contribution in [0.4, 0.5) is 0 Å². The van der Waals surface area contributed by atoms with Gasteiger partial charge in [0.15, 0.2) is 0 Å². The molecule has 3 aromatic rings. The number of fused-ring (bicyclic) bond motifs is 2. The molecule has 0 spiro atoms. The molecule has 1 aliphatic heterocycles. The van der Waals surface area contributed by atoms with Crippen molar-refractivity contribution in [3.8, 4) is 5.75 Å². The minimum atomic E-state index is -0.294. The quantitative estimate of drug-likeness (QED) is 0.642. The lowest BCUT2D eigenvalue weighted by molar-refractivity contribution is 0.158. The van der Waals surface area contributed by atoms with Gasteiger partial charge in [-0.05, 0) is 59.9 Å². The molecule has 1 aliphatic carbocycles. The van der Waals surface area contributed by atoms with Crippen molar-refractivity contribution in [2.45, 2.75) is 31.8 Å². The lowest BCUT2D eigenvalue weighted by Crippen LogP contribution is -2.35. The monoisotopic (exact) mass is 367 g/mol. The number of hydrogen-bond donors (Lipinski definition) is 0. The Morgan fingerprint density at radius 2 is 2.15 bits per heavy atom. The zero-order valence-electron chi connectivity index (χ0n) is 14.7. The molecule has 0 unspecified atom stereocenters. The largest absolute Gasteiger partial charge is 0.497 e. The molecule has 3 heterocycles. The molecule has 0 N–H and O–H groups in total.